The third kappa shape index (κ3) is 6.75. The number of likely N-dealkylation sites (tertiary alicyclic amines) is 1. The van der Waals surface area contributed by atoms with Gasteiger partial charge in [-0.2, -0.15) is 13.2 Å². The Balaban J connectivity index is 1.45. The van der Waals surface area contributed by atoms with Gasteiger partial charge in [0.05, 0.1) is 18.8 Å². The van der Waals surface area contributed by atoms with Crippen LogP contribution in [0.2, 0.25) is 0 Å². The van der Waals surface area contributed by atoms with Crippen LogP contribution in [0.15, 0.2) is 54.6 Å². The Morgan fingerprint density at radius 1 is 0.943 bits per heavy atom. The van der Waals surface area contributed by atoms with Crippen molar-refractivity contribution < 1.29 is 27.5 Å². The van der Waals surface area contributed by atoms with Gasteiger partial charge in [0.25, 0.3) is 0 Å². The molecule has 2 aliphatic heterocycles. The predicted octanol–water partition coefficient (Wildman–Crippen LogP) is 4.27. The van der Waals surface area contributed by atoms with E-state index < -0.39 is 11.7 Å². The smallest absolute Gasteiger partial charge is 0.378 e. The molecule has 4 rings (SSSR count). The fraction of sp³-hybridized carbons (Fsp3) is 0.462. The van der Waals surface area contributed by atoms with Gasteiger partial charge in [0.15, 0.2) is 0 Å². The van der Waals surface area contributed by atoms with E-state index in [9.17, 15) is 22.8 Å². The summed E-state index contributed by atoms with van der Waals surface area (Å²) in [4.78, 5) is 29.4. The molecule has 2 aromatic carbocycles. The molecule has 6 nitrogen and oxygen atoms in total. The largest absolute Gasteiger partial charge is 0.416 e. The summed E-state index contributed by atoms with van der Waals surface area (Å²) in [6.07, 6.45) is -3.53. The molecule has 2 heterocycles. The molecule has 2 aromatic rings. The molecule has 2 saturated heterocycles. The number of carbonyl (C=O) groups is 2. The van der Waals surface area contributed by atoms with Gasteiger partial charge in [0.2, 0.25) is 5.91 Å². The van der Waals surface area contributed by atoms with Crippen molar-refractivity contribution in [1.29, 1.82) is 0 Å². The zero-order valence-corrected chi connectivity index (χ0v) is 19.5. The minimum Gasteiger partial charge on any atom is -0.378 e. The molecule has 1 N–H and O–H groups in total. The first-order valence-electron chi connectivity index (χ1n) is 11.9. The Bertz CT molecular complexity index is 992. The number of nitrogens with one attached hydrogen (secondary N) is 1. The third-order valence-electron chi connectivity index (χ3n) is 6.61. The van der Waals surface area contributed by atoms with Crippen molar-refractivity contribution in [3.8, 4) is 0 Å². The van der Waals surface area contributed by atoms with Crippen molar-refractivity contribution in [3.63, 3.8) is 0 Å². The van der Waals surface area contributed by atoms with E-state index in [-0.39, 0.29) is 30.2 Å². The Morgan fingerprint density at radius 3 is 2.29 bits per heavy atom. The average Bonchev–Trinajstić information content (AvgIpc) is 2.87. The van der Waals surface area contributed by atoms with E-state index in [1.54, 1.807) is 9.80 Å². The summed E-state index contributed by atoms with van der Waals surface area (Å²) in [5.74, 6) is -0.356. The van der Waals surface area contributed by atoms with Crippen molar-refractivity contribution in [1.82, 2.24) is 15.1 Å². The summed E-state index contributed by atoms with van der Waals surface area (Å²) in [6, 6.07) is 14.6. The summed E-state index contributed by atoms with van der Waals surface area (Å²) in [5.41, 5.74) is 1.04. The molecule has 0 spiro atoms. The molecular formula is C26H30F3N3O3. The summed E-state index contributed by atoms with van der Waals surface area (Å²) in [5, 5.41) is 2.94. The van der Waals surface area contributed by atoms with Gasteiger partial charge in [-0.05, 0) is 35.6 Å². The molecule has 0 aromatic heterocycles. The van der Waals surface area contributed by atoms with Crippen molar-refractivity contribution in [2.75, 3.05) is 39.4 Å². The maximum Gasteiger partial charge on any atom is 0.416 e. The lowest BCUT2D eigenvalue weighted by atomic mass is 9.82. The second-order valence-electron chi connectivity index (χ2n) is 9.17. The number of alkyl halides is 3. The number of carbonyl (C=O) groups excluding carboxylic acids is 2. The van der Waals surface area contributed by atoms with Crippen molar-refractivity contribution in [2.24, 2.45) is 5.92 Å². The number of morpholine rings is 1. The Hall–Kier alpha value is -3.07. The lowest BCUT2D eigenvalue weighted by molar-refractivity contribution is -0.137. The van der Waals surface area contributed by atoms with E-state index in [1.165, 1.54) is 12.1 Å². The Morgan fingerprint density at radius 2 is 1.63 bits per heavy atom. The van der Waals surface area contributed by atoms with Crippen LogP contribution in [-0.2, 0) is 22.3 Å². The number of amides is 3. The van der Waals surface area contributed by atoms with Crippen molar-refractivity contribution >= 4 is 11.9 Å². The molecule has 3 amide bonds. The van der Waals surface area contributed by atoms with E-state index in [0.717, 1.165) is 23.3 Å². The van der Waals surface area contributed by atoms with Gasteiger partial charge < -0.3 is 19.9 Å². The lowest BCUT2D eigenvalue weighted by Gasteiger charge is -2.41. The molecule has 35 heavy (non-hydrogen) atoms. The first kappa shape index (κ1) is 25.0. The number of rotatable bonds is 5. The van der Waals surface area contributed by atoms with Crippen LogP contribution in [0.5, 0.6) is 0 Å². The molecule has 2 atom stereocenters. The molecule has 2 aliphatic rings. The Kier molecular flexibility index (Phi) is 7.95. The van der Waals surface area contributed by atoms with Gasteiger partial charge in [0, 0.05) is 45.1 Å². The monoisotopic (exact) mass is 489 g/mol. The molecule has 2 fully saturated rings. The molecule has 0 radical (unpaired) electrons. The van der Waals surface area contributed by atoms with Crippen LogP contribution in [0.25, 0.3) is 0 Å². The lowest BCUT2D eigenvalue weighted by Crippen LogP contribution is -2.52. The van der Waals surface area contributed by atoms with Gasteiger partial charge >= 0.3 is 12.2 Å². The number of benzene rings is 2. The highest BCUT2D eigenvalue weighted by atomic mass is 19.4. The fourth-order valence-corrected chi connectivity index (χ4v) is 4.78. The minimum absolute atomic E-state index is 0.100. The first-order chi connectivity index (χ1) is 16.8. The number of piperidine rings is 1. The van der Waals surface area contributed by atoms with E-state index in [4.69, 9.17) is 4.74 Å². The number of hydrogen-bond acceptors (Lipinski definition) is 3. The quantitative estimate of drug-likeness (QED) is 0.683. The van der Waals surface area contributed by atoms with Crippen LogP contribution in [0.1, 0.15) is 35.4 Å². The molecule has 0 saturated carbocycles. The van der Waals surface area contributed by atoms with Gasteiger partial charge in [-0.25, -0.2) is 4.79 Å². The summed E-state index contributed by atoms with van der Waals surface area (Å²) in [6.45, 7) is 3.23. The number of nitrogens with zero attached hydrogens (tertiary/aromatic N) is 2. The van der Waals surface area contributed by atoms with Crippen LogP contribution in [0, 0.1) is 5.92 Å². The topological polar surface area (TPSA) is 61.9 Å². The van der Waals surface area contributed by atoms with E-state index in [2.05, 4.69) is 5.32 Å². The number of urea groups is 1. The third-order valence-corrected chi connectivity index (χ3v) is 6.61. The van der Waals surface area contributed by atoms with E-state index in [0.29, 0.717) is 52.4 Å². The van der Waals surface area contributed by atoms with Gasteiger partial charge in [-0.3, -0.25) is 4.79 Å². The maximum atomic E-state index is 13.2. The summed E-state index contributed by atoms with van der Waals surface area (Å²) in [7, 11) is 0. The van der Waals surface area contributed by atoms with E-state index in [1.807, 2.05) is 30.3 Å². The molecule has 0 bridgehead atoms. The van der Waals surface area contributed by atoms with Gasteiger partial charge in [-0.15, -0.1) is 0 Å². The zero-order chi connectivity index (χ0) is 24.8. The van der Waals surface area contributed by atoms with Crippen LogP contribution in [0.3, 0.4) is 0 Å². The SMILES string of the molecule is O=C(CC1CC(c2ccc(C(F)(F)F)cc2)CN(C(=O)N2CCOCC2)C1)NCc1ccccc1. The molecule has 0 aliphatic carbocycles. The van der Waals surface area contributed by atoms with E-state index >= 15 is 0 Å². The highest BCUT2D eigenvalue weighted by Gasteiger charge is 2.35. The molecule has 2 unspecified atom stereocenters. The zero-order valence-electron chi connectivity index (χ0n) is 19.5. The number of ether oxygens (including phenoxy) is 1. The van der Waals surface area contributed by atoms with Gasteiger partial charge in [0.1, 0.15) is 0 Å². The number of hydrogen-bond donors (Lipinski definition) is 1. The summed E-state index contributed by atoms with van der Waals surface area (Å²) >= 11 is 0. The highest BCUT2D eigenvalue weighted by Crippen LogP contribution is 2.35. The highest BCUT2D eigenvalue weighted by molar-refractivity contribution is 5.77. The Labute approximate surface area is 203 Å². The van der Waals surface area contributed by atoms with Crippen LogP contribution in [0.4, 0.5) is 18.0 Å². The van der Waals surface area contributed by atoms with Gasteiger partial charge in [-0.1, -0.05) is 42.5 Å². The normalized spacial score (nSPS) is 21.0. The predicted molar refractivity (Wildman–Crippen MR) is 125 cm³/mol. The van der Waals surface area contributed by atoms with Crippen molar-refractivity contribution in [3.05, 3.63) is 71.3 Å². The van der Waals surface area contributed by atoms with Crippen LogP contribution >= 0.6 is 0 Å². The standard InChI is InChI=1S/C26H30F3N3O3/c27-26(28,29)23-8-6-21(7-9-23)22-14-20(15-24(33)30-16-19-4-2-1-3-5-19)17-32(18-22)25(34)31-10-12-35-13-11-31/h1-9,20,22H,10-18H2,(H,30,33). The average molecular weight is 490 g/mol. The fourth-order valence-electron chi connectivity index (χ4n) is 4.78. The van der Waals surface area contributed by atoms with Crippen molar-refractivity contribution in [2.45, 2.75) is 31.5 Å². The summed E-state index contributed by atoms with van der Waals surface area (Å²) < 4.78 is 44.4. The molecule has 188 valence electrons. The maximum absolute atomic E-state index is 13.2. The van der Waals surface area contributed by atoms with Crippen LogP contribution in [-0.4, -0.2) is 61.1 Å². The minimum atomic E-state index is -4.40. The second-order valence-corrected chi connectivity index (χ2v) is 9.17. The number of halogens is 3. The second kappa shape index (κ2) is 11.1. The first-order valence-corrected chi connectivity index (χ1v) is 11.9. The molecule has 9 heteroatoms. The molecular weight excluding hydrogens is 459 g/mol. The van der Waals surface area contributed by atoms with Crippen LogP contribution < -0.4 is 5.32 Å².